The Hall–Kier alpha value is -1.89. The van der Waals surface area contributed by atoms with Gasteiger partial charge in [0.2, 0.25) is 5.91 Å². The van der Waals surface area contributed by atoms with E-state index >= 15 is 0 Å². The van der Waals surface area contributed by atoms with Crippen LogP contribution >= 0.6 is 0 Å². The molecular weight excluding hydrogens is 280 g/mol. The smallest absolute Gasteiger partial charge is 0.247 e. The molecule has 1 aromatic heterocycles. The number of nitrogens with zero attached hydrogens (tertiary/aromatic N) is 1. The zero-order valence-corrected chi connectivity index (χ0v) is 11.7. The molecule has 0 aliphatic carbocycles. The Morgan fingerprint density at radius 1 is 1.45 bits per heavy atom. The maximum absolute atomic E-state index is 11.4. The molecule has 0 spiro atoms. The molecule has 2 rings (SSSR count). The molecule has 1 N–H and O–H groups in total. The van der Waals surface area contributed by atoms with E-state index in [1.807, 2.05) is 0 Å². The Balaban J connectivity index is 2.06. The average Bonchev–Trinajstić information content (AvgIpc) is 2.43. The van der Waals surface area contributed by atoms with Crippen molar-refractivity contribution in [1.29, 1.82) is 0 Å². The minimum absolute atomic E-state index is 0.136. The van der Waals surface area contributed by atoms with Crippen molar-refractivity contribution >= 4 is 21.4 Å². The number of carbonyl (C=O) groups is 1. The number of aromatic nitrogens is 1. The topological polar surface area (TPSA) is 85.4 Å². The van der Waals surface area contributed by atoms with Crippen molar-refractivity contribution in [2.45, 2.75) is 18.9 Å². The maximum Gasteiger partial charge on any atom is 0.247 e. The fraction of sp³-hybridized carbons (Fsp3) is 0.385. The van der Waals surface area contributed by atoms with Crippen molar-refractivity contribution in [3.05, 3.63) is 31.1 Å². The van der Waals surface area contributed by atoms with Crippen LogP contribution < -0.4 is 10.1 Å². The summed E-state index contributed by atoms with van der Waals surface area (Å²) in [5.41, 5.74) is 0.450. The molecule has 0 aromatic carbocycles. The molecule has 0 saturated carbocycles. The number of anilines is 1. The maximum atomic E-state index is 11.4. The molecule has 0 bridgehead atoms. The fourth-order valence-corrected chi connectivity index (χ4v) is 3.38. The first-order chi connectivity index (χ1) is 9.50. The zero-order valence-electron chi connectivity index (χ0n) is 10.9. The van der Waals surface area contributed by atoms with Gasteiger partial charge in [0.15, 0.2) is 9.84 Å². The Morgan fingerprint density at radius 3 is 2.80 bits per heavy atom. The van der Waals surface area contributed by atoms with Crippen LogP contribution in [-0.2, 0) is 14.6 Å². The molecule has 1 fully saturated rings. The van der Waals surface area contributed by atoms with Gasteiger partial charge in [-0.15, -0.1) is 0 Å². The molecule has 1 saturated heterocycles. The number of nitrogens with one attached hydrogen (secondary N) is 1. The molecule has 1 amide bonds. The molecule has 0 radical (unpaired) electrons. The highest BCUT2D eigenvalue weighted by Crippen LogP contribution is 2.26. The molecule has 2 heterocycles. The van der Waals surface area contributed by atoms with E-state index in [9.17, 15) is 13.2 Å². The van der Waals surface area contributed by atoms with E-state index in [-0.39, 0.29) is 23.5 Å². The standard InChI is InChI=1S/C13H16N2O4S/c1-2-13(16)15-11-9-14-6-3-12(11)19-10-4-7-20(17,18)8-5-10/h2-3,6,9-10H,1,4-5,7-8H2,(H,15,16). The van der Waals surface area contributed by atoms with Gasteiger partial charge in [-0.25, -0.2) is 8.42 Å². The number of hydrogen-bond acceptors (Lipinski definition) is 5. The highest BCUT2D eigenvalue weighted by Gasteiger charge is 2.25. The van der Waals surface area contributed by atoms with E-state index in [4.69, 9.17) is 4.74 Å². The lowest BCUT2D eigenvalue weighted by Crippen LogP contribution is -2.30. The van der Waals surface area contributed by atoms with E-state index in [1.54, 1.807) is 12.3 Å². The molecule has 7 heteroatoms. The van der Waals surface area contributed by atoms with Crippen molar-refractivity contribution in [2.75, 3.05) is 16.8 Å². The number of amides is 1. The lowest BCUT2D eigenvalue weighted by molar-refractivity contribution is -0.111. The van der Waals surface area contributed by atoms with Crippen molar-refractivity contribution in [3.8, 4) is 5.75 Å². The van der Waals surface area contributed by atoms with Crippen LogP contribution in [0, 0.1) is 0 Å². The van der Waals surface area contributed by atoms with Crippen LogP contribution in [0.5, 0.6) is 5.75 Å². The third kappa shape index (κ3) is 3.80. The third-order valence-corrected chi connectivity index (χ3v) is 4.74. The van der Waals surface area contributed by atoms with Gasteiger partial charge in [0.25, 0.3) is 0 Å². The van der Waals surface area contributed by atoms with E-state index in [0.717, 1.165) is 6.08 Å². The van der Waals surface area contributed by atoms with E-state index in [0.29, 0.717) is 24.3 Å². The number of carbonyl (C=O) groups excluding carboxylic acids is 1. The minimum Gasteiger partial charge on any atom is -0.488 e. The van der Waals surface area contributed by atoms with Gasteiger partial charge < -0.3 is 10.1 Å². The quantitative estimate of drug-likeness (QED) is 0.843. The summed E-state index contributed by atoms with van der Waals surface area (Å²) < 4.78 is 28.5. The number of pyridine rings is 1. The summed E-state index contributed by atoms with van der Waals surface area (Å²) in [4.78, 5) is 15.2. The van der Waals surface area contributed by atoms with Gasteiger partial charge in [-0.1, -0.05) is 6.58 Å². The molecular formula is C13H16N2O4S. The molecule has 1 aromatic rings. The van der Waals surface area contributed by atoms with Gasteiger partial charge >= 0.3 is 0 Å². The van der Waals surface area contributed by atoms with Crippen molar-refractivity contribution < 1.29 is 17.9 Å². The SMILES string of the molecule is C=CC(=O)Nc1cnccc1OC1CCS(=O)(=O)CC1. The molecule has 20 heavy (non-hydrogen) atoms. The highest BCUT2D eigenvalue weighted by molar-refractivity contribution is 7.91. The predicted octanol–water partition coefficient (Wildman–Crippen LogP) is 1.16. The summed E-state index contributed by atoms with van der Waals surface area (Å²) in [6.07, 6.45) is 4.94. The van der Waals surface area contributed by atoms with Gasteiger partial charge in [-0.2, -0.15) is 0 Å². The third-order valence-electron chi connectivity index (χ3n) is 3.02. The monoisotopic (exact) mass is 296 g/mol. The second-order valence-corrected chi connectivity index (χ2v) is 6.84. The summed E-state index contributed by atoms with van der Waals surface area (Å²) in [6, 6.07) is 1.64. The largest absolute Gasteiger partial charge is 0.488 e. The van der Waals surface area contributed by atoms with Gasteiger partial charge in [0.1, 0.15) is 17.5 Å². The summed E-state index contributed by atoms with van der Waals surface area (Å²) in [5, 5.41) is 2.60. The Labute approximate surface area is 117 Å². The van der Waals surface area contributed by atoms with Crippen LogP contribution in [0.25, 0.3) is 0 Å². The summed E-state index contributed by atoms with van der Waals surface area (Å²) >= 11 is 0. The van der Waals surface area contributed by atoms with Crippen molar-refractivity contribution in [2.24, 2.45) is 0 Å². The van der Waals surface area contributed by atoms with Gasteiger partial charge in [0.05, 0.1) is 17.7 Å². The number of sulfone groups is 1. The van der Waals surface area contributed by atoms with Crippen LogP contribution in [0.2, 0.25) is 0 Å². The summed E-state index contributed by atoms with van der Waals surface area (Å²) in [6.45, 7) is 3.38. The molecule has 0 atom stereocenters. The normalized spacial score (nSPS) is 18.2. The van der Waals surface area contributed by atoms with Crippen molar-refractivity contribution in [1.82, 2.24) is 4.98 Å². The number of hydrogen-bond donors (Lipinski definition) is 1. The molecule has 1 aliphatic heterocycles. The molecule has 1 aliphatic rings. The van der Waals surface area contributed by atoms with Gasteiger partial charge in [-0.05, 0) is 18.9 Å². The molecule has 0 unspecified atom stereocenters. The second kappa shape index (κ2) is 6.04. The lowest BCUT2D eigenvalue weighted by atomic mass is 10.2. The van der Waals surface area contributed by atoms with Crippen LogP contribution in [0.3, 0.4) is 0 Å². The summed E-state index contributed by atoms with van der Waals surface area (Å²) in [5.74, 6) is 0.405. The number of rotatable bonds is 4. The van der Waals surface area contributed by atoms with Crippen LogP contribution in [-0.4, -0.2) is 36.9 Å². The summed E-state index contributed by atoms with van der Waals surface area (Å²) in [7, 11) is -2.92. The first-order valence-electron chi connectivity index (χ1n) is 6.25. The van der Waals surface area contributed by atoms with Crippen LogP contribution in [0.15, 0.2) is 31.1 Å². The van der Waals surface area contributed by atoms with Gasteiger partial charge in [-0.3, -0.25) is 9.78 Å². The fourth-order valence-electron chi connectivity index (χ4n) is 1.93. The van der Waals surface area contributed by atoms with E-state index in [1.165, 1.54) is 6.20 Å². The predicted molar refractivity (Wildman–Crippen MR) is 75.4 cm³/mol. The average molecular weight is 296 g/mol. The molecule has 6 nitrogen and oxygen atoms in total. The second-order valence-electron chi connectivity index (χ2n) is 4.53. The van der Waals surface area contributed by atoms with Crippen molar-refractivity contribution in [3.63, 3.8) is 0 Å². The Morgan fingerprint density at radius 2 is 2.15 bits per heavy atom. The van der Waals surface area contributed by atoms with Crippen LogP contribution in [0.4, 0.5) is 5.69 Å². The Kier molecular flexibility index (Phi) is 4.39. The Bertz CT molecular complexity index is 599. The number of ether oxygens (including phenoxy) is 1. The highest BCUT2D eigenvalue weighted by atomic mass is 32.2. The van der Waals surface area contributed by atoms with Gasteiger partial charge in [0, 0.05) is 12.3 Å². The first-order valence-corrected chi connectivity index (χ1v) is 8.07. The minimum atomic E-state index is -2.92. The van der Waals surface area contributed by atoms with E-state index in [2.05, 4.69) is 16.9 Å². The first kappa shape index (κ1) is 14.5. The molecule has 108 valence electrons. The lowest BCUT2D eigenvalue weighted by Gasteiger charge is -2.24. The van der Waals surface area contributed by atoms with Crippen LogP contribution in [0.1, 0.15) is 12.8 Å². The zero-order chi connectivity index (χ0) is 14.6. The van der Waals surface area contributed by atoms with E-state index < -0.39 is 9.84 Å².